The fourth-order valence-electron chi connectivity index (χ4n) is 10.5. The summed E-state index contributed by atoms with van der Waals surface area (Å²) in [6, 6.07) is 30.9. The van der Waals surface area contributed by atoms with Gasteiger partial charge in [0.05, 0.1) is 35.2 Å². The van der Waals surface area contributed by atoms with E-state index in [2.05, 4.69) is 17.2 Å². The molecule has 9 rings (SSSR count). The van der Waals surface area contributed by atoms with Gasteiger partial charge in [-0.2, -0.15) is 0 Å². The van der Waals surface area contributed by atoms with Crippen LogP contribution in [0.3, 0.4) is 0 Å². The fraction of sp³-hybridized carbons (Fsp3) is 0.288. The third-order valence-corrected chi connectivity index (χ3v) is 13.4. The van der Waals surface area contributed by atoms with Gasteiger partial charge in [-0.15, -0.1) is 0 Å². The highest BCUT2D eigenvalue weighted by atomic mass is 16.6. The molecule has 0 bridgehead atoms. The molecule has 4 aliphatic heterocycles. The largest absolute Gasteiger partial charge is 0.508 e. The van der Waals surface area contributed by atoms with Gasteiger partial charge >= 0.3 is 18.1 Å². The van der Waals surface area contributed by atoms with E-state index in [0.29, 0.717) is 48.2 Å². The van der Waals surface area contributed by atoms with Crippen LogP contribution in [-0.2, 0) is 35.9 Å². The minimum atomic E-state index is -2.08. The van der Waals surface area contributed by atoms with E-state index in [0.717, 1.165) is 29.7 Å². The monoisotopic (exact) mass is 916 g/mol. The molecule has 5 amide bonds. The lowest BCUT2D eigenvalue weighted by atomic mass is 9.64. The highest BCUT2D eigenvalue weighted by Gasteiger charge is 2.76. The number of ether oxygens (including phenoxy) is 2. The van der Waals surface area contributed by atoms with Crippen LogP contribution in [0.5, 0.6) is 5.75 Å². The molecule has 16 heteroatoms. The van der Waals surface area contributed by atoms with Crippen LogP contribution in [0.1, 0.15) is 83.7 Å². The Kier molecular flexibility index (Phi) is 12.7. The number of esters is 1. The number of morpholine rings is 1. The Hall–Kier alpha value is -8.03. The number of anilines is 1. The molecule has 4 heterocycles. The number of imide groups is 1. The number of likely N-dealkylation sites (tertiary alicyclic amines) is 1. The number of benzene rings is 5. The van der Waals surface area contributed by atoms with Crippen LogP contribution in [-0.4, -0.2) is 75.4 Å². The molecule has 0 unspecified atom stereocenters. The molecule has 4 aliphatic rings. The molecule has 4 N–H and O–H groups in total. The second-order valence-electron chi connectivity index (χ2n) is 17.3. The van der Waals surface area contributed by atoms with Gasteiger partial charge in [0.25, 0.3) is 5.69 Å². The molecule has 5 aromatic rings. The Labute approximate surface area is 391 Å². The number of cyclic esters (lactones) is 1. The molecule has 68 heavy (non-hydrogen) atoms. The van der Waals surface area contributed by atoms with Gasteiger partial charge in [-0.1, -0.05) is 104 Å². The molecule has 346 valence electrons. The van der Waals surface area contributed by atoms with Crippen LogP contribution in [0, 0.1) is 27.9 Å². The van der Waals surface area contributed by atoms with Crippen molar-refractivity contribution in [3.8, 4) is 17.6 Å². The van der Waals surface area contributed by atoms with E-state index in [9.17, 15) is 24.8 Å². The Balaban J connectivity index is 1.30. The molecule has 1 spiro atoms. The Morgan fingerprint density at radius 2 is 1.47 bits per heavy atom. The van der Waals surface area contributed by atoms with E-state index in [-0.39, 0.29) is 35.8 Å². The number of aromatic hydroxyl groups is 1. The lowest BCUT2D eigenvalue weighted by Crippen LogP contribution is -2.56. The van der Waals surface area contributed by atoms with E-state index < -0.39 is 70.4 Å². The number of phenolic OH excluding ortho intramolecular Hbond substituents is 1. The molecule has 0 aliphatic carbocycles. The normalized spacial score (nSPS) is 23.3. The van der Waals surface area contributed by atoms with Crippen molar-refractivity contribution in [2.45, 2.75) is 68.4 Å². The maximum atomic E-state index is 16.5. The second-order valence-corrected chi connectivity index (χ2v) is 17.3. The lowest BCUT2D eigenvalue weighted by molar-refractivity contribution is -0.384. The molecular weight excluding hydrogens is 869 g/mol. The second kappa shape index (κ2) is 19.1. The summed E-state index contributed by atoms with van der Waals surface area (Å²) >= 11 is 0. The summed E-state index contributed by atoms with van der Waals surface area (Å²) in [7, 11) is 0. The third kappa shape index (κ3) is 8.25. The van der Waals surface area contributed by atoms with Crippen LogP contribution in [0.4, 0.5) is 21.0 Å². The van der Waals surface area contributed by atoms with Crippen molar-refractivity contribution < 1.29 is 43.5 Å². The van der Waals surface area contributed by atoms with Crippen molar-refractivity contribution in [3.05, 3.63) is 171 Å². The Morgan fingerprint density at radius 3 is 2.12 bits per heavy atom. The number of phenols is 1. The van der Waals surface area contributed by atoms with Crippen LogP contribution in [0.25, 0.3) is 0 Å². The van der Waals surface area contributed by atoms with E-state index in [1.165, 1.54) is 36.4 Å². The molecule has 5 aromatic carbocycles. The number of hydrogen-bond donors (Lipinski definition) is 3. The van der Waals surface area contributed by atoms with Crippen molar-refractivity contribution in [1.29, 1.82) is 0 Å². The first-order valence-electron chi connectivity index (χ1n) is 22.6. The number of fused-ring (bicyclic) bond motifs is 3. The number of nitrogens with one attached hydrogen (secondary N) is 1. The number of nitrogens with zero attached hydrogens (tertiary/aromatic N) is 4. The standard InChI is InChI=1S/C52H48N6O10/c53-50(63)54-28-12-13-33-20-27-41-40(31-33)52(49(62)56(41)51(64)67-32-34-18-23-38(24-19-34)58(65)66)42(47(60)55-29-10-2-1-3-11-30-55)44-48(61)68-45(36-16-8-5-9-17-36)43(35-14-6-4-7-15-35)57(44)46(52)37-21-25-39(59)26-22-37/h4-9,14-27,31,42-46,59H,1-3,10-11,28-30,32H2,(H3,53,54,63)/t42-,43-,44-,45+,46+,52-/m0/s1. The third-order valence-electron chi connectivity index (χ3n) is 13.4. The zero-order chi connectivity index (χ0) is 47.5. The maximum Gasteiger partial charge on any atom is 0.421 e. The topological polar surface area (TPSA) is 215 Å². The number of nitrogens with two attached hydrogens (primary N) is 1. The summed E-state index contributed by atoms with van der Waals surface area (Å²) in [6.07, 6.45) is 2.12. The highest BCUT2D eigenvalue weighted by Crippen LogP contribution is 2.66. The van der Waals surface area contributed by atoms with Crippen LogP contribution < -0.4 is 16.0 Å². The minimum Gasteiger partial charge on any atom is -0.508 e. The van der Waals surface area contributed by atoms with Gasteiger partial charge in [0, 0.05) is 30.8 Å². The number of amides is 5. The number of hydrogen-bond acceptors (Lipinski definition) is 11. The summed E-state index contributed by atoms with van der Waals surface area (Å²) in [5.74, 6) is 2.29. The molecule has 0 aromatic heterocycles. The van der Waals surface area contributed by atoms with Gasteiger partial charge in [-0.25, -0.2) is 14.5 Å². The van der Waals surface area contributed by atoms with Crippen LogP contribution in [0.2, 0.25) is 0 Å². The molecular formula is C52H48N6O10. The van der Waals surface area contributed by atoms with Crippen LogP contribution in [0.15, 0.2) is 127 Å². The zero-order valence-electron chi connectivity index (χ0n) is 36.9. The number of carbonyl (C=O) groups excluding carboxylic acids is 5. The van der Waals surface area contributed by atoms with Crippen molar-refractivity contribution in [1.82, 2.24) is 15.1 Å². The summed E-state index contributed by atoms with van der Waals surface area (Å²) in [4.78, 5) is 89.6. The number of non-ortho nitro benzene ring substituents is 1. The molecule has 3 saturated heterocycles. The number of rotatable bonds is 8. The predicted octanol–water partition coefficient (Wildman–Crippen LogP) is 7.12. The maximum absolute atomic E-state index is 16.5. The zero-order valence-corrected chi connectivity index (χ0v) is 36.9. The number of primary amides is 1. The van der Waals surface area contributed by atoms with Crippen molar-refractivity contribution in [2.75, 3.05) is 24.5 Å². The van der Waals surface area contributed by atoms with E-state index in [1.54, 1.807) is 35.2 Å². The quantitative estimate of drug-likeness (QED) is 0.0617. The number of urea groups is 1. The van der Waals surface area contributed by atoms with Gasteiger partial charge < -0.3 is 30.5 Å². The first-order valence-corrected chi connectivity index (χ1v) is 22.6. The summed E-state index contributed by atoms with van der Waals surface area (Å²) in [6.45, 7) is 0.260. The molecule has 0 radical (unpaired) electrons. The Morgan fingerprint density at radius 1 is 0.824 bits per heavy atom. The molecule has 6 atom stereocenters. The van der Waals surface area contributed by atoms with E-state index in [4.69, 9.17) is 15.2 Å². The van der Waals surface area contributed by atoms with Crippen LogP contribution >= 0.6 is 0 Å². The van der Waals surface area contributed by atoms with Crippen molar-refractivity contribution in [3.63, 3.8) is 0 Å². The highest BCUT2D eigenvalue weighted by molar-refractivity contribution is 6.23. The van der Waals surface area contributed by atoms with Crippen molar-refractivity contribution in [2.24, 2.45) is 11.7 Å². The van der Waals surface area contributed by atoms with Gasteiger partial charge in [-0.3, -0.25) is 29.4 Å². The van der Waals surface area contributed by atoms with E-state index in [1.807, 2.05) is 65.6 Å². The molecule has 0 saturated carbocycles. The van der Waals surface area contributed by atoms with E-state index >= 15 is 14.4 Å². The number of carbonyl (C=O) groups is 5. The Bertz CT molecular complexity index is 2810. The minimum absolute atomic E-state index is 0.0674. The first-order chi connectivity index (χ1) is 33.0. The first kappa shape index (κ1) is 45.1. The average molecular weight is 917 g/mol. The summed E-state index contributed by atoms with van der Waals surface area (Å²) in [5.41, 5.74) is 6.00. The summed E-state index contributed by atoms with van der Waals surface area (Å²) in [5, 5.41) is 24.6. The number of nitro benzene ring substituents is 1. The smallest absolute Gasteiger partial charge is 0.421 e. The SMILES string of the molecule is NC(=O)NCC#Cc1ccc2c(c1)[C@]1(C(=O)N2C(=O)OCc2ccc([N+](=O)[O-])cc2)[C@H](C(=O)N2CCCCCCC2)[C@H]2C(=O)O[C@H](c3ccccc3)[C@H](c3ccccc3)N2[C@@H]1c1ccc(O)cc1. The fourth-order valence-corrected chi connectivity index (χ4v) is 10.5. The van der Waals surface area contributed by atoms with Crippen molar-refractivity contribution >= 4 is 41.3 Å². The summed E-state index contributed by atoms with van der Waals surface area (Å²) < 4.78 is 12.4. The number of nitro groups is 1. The molecule has 3 fully saturated rings. The van der Waals surface area contributed by atoms with Gasteiger partial charge in [0.2, 0.25) is 11.8 Å². The van der Waals surface area contributed by atoms with Gasteiger partial charge in [0.1, 0.15) is 29.9 Å². The molecule has 16 nitrogen and oxygen atoms in total. The predicted molar refractivity (Wildman–Crippen MR) is 247 cm³/mol. The average Bonchev–Trinajstić information content (AvgIpc) is 3.79. The van der Waals surface area contributed by atoms with Gasteiger partial charge in [-0.05, 0) is 83.1 Å². The lowest BCUT2D eigenvalue weighted by Gasteiger charge is -2.46. The van der Waals surface area contributed by atoms with Gasteiger partial charge in [0.15, 0.2) is 0 Å².